The lowest BCUT2D eigenvalue weighted by Gasteiger charge is -2.19. The van der Waals surface area contributed by atoms with Gasteiger partial charge in [-0.25, -0.2) is 4.98 Å². The first-order valence-corrected chi connectivity index (χ1v) is 8.13. The maximum absolute atomic E-state index is 12.7. The monoisotopic (exact) mass is 321 g/mol. The fraction of sp³-hybridized carbons (Fsp3) is 0.300. The van der Waals surface area contributed by atoms with E-state index in [1.165, 1.54) is 5.56 Å². The minimum Gasteiger partial charge on any atom is -0.321 e. The second-order valence-electron chi connectivity index (χ2n) is 7.26. The van der Waals surface area contributed by atoms with E-state index in [0.29, 0.717) is 5.69 Å². The Labute approximate surface area is 142 Å². The van der Waals surface area contributed by atoms with E-state index in [0.717, 1.165) is 22.6 Å². The Morgan fingerprint density at radius 1 is 1.04 bits per heavy atom. The molecule has 2 heterocycles. The van der Waals surface area contributed by atoms with Gasteiger partial charge in [-0.2, -0.15) is 0 Å². The van der Waals surface area contributed by atoms with Crippen molar-refractivity contribution in [1.82, 2.24) is 9.38 Å². The quantitative estimate of drug-likeness (QED) is 0.755. The van der Waals surface area contributed by atoms with E-state index < -0.39 is 0 Å². The highest BCUT2D eigenvalue weighted by Gasteiger charge is 2.17. The number of nitrogens with zero attached hydrogens (tertiary/aromatic N) is 2. The highest BCUT2D eigenvalue weighted by molar-refractivity contribution is 6.04. The third-order valence-corrected chi connectivity index (χ3v) is 4.16. The smallest absolute Gasteiger partial charge is 0.274 e. The number of amides is 1. The molecule has 0 spiro atoms. The van der Waals surface area contributed by atoms with Crippen molar-refractivity contribution in [1.29, 1.82) is 0 Å². The zero-order chi connectivity index (χ0) is 17.5. The molecule has 0 saturated heterocycles. The molecule has 4 nitrogen and oxygen atoms in total. The number of aryl methyl sites for hydroxylation is 2. The molecule has 1 N–H and O–H groups in total. The number of aromatic nitrogens is 2. The van der Waals surface area contributed by atoms with Crippen molar-refractivity contribution >= 4 is 17.2 Å². The lowest BCUT2D eigenvalue weighted by atomic mass is 9.87. The number of fused-ring (bicyclic) bond motifs is 1. The average Bonchev–Trinajstić information content (AvgIpc) is 2.82. The normalized spacial score (nSPS) is 11.7. The van der Waals surface area contributed by atoms with Crippen LogP contribution in [0.2, 0.25) is 0 Å². The third kappa shape index (κ3) is 3.04. The second-order valence-corrected chi connectivity index (χ2v) is 7.26. The van der Waals surface area contributed by atoms with Gasteiger partial charge in [0.05, 0.1) is 5.69 Å². The number of pyridine rings is 1. The molecule has 1 aromatic carbocycles. The number of hydrogen-bond donors (Lipinski definition) is 1. The second kappa shape index (κ2) is 5.78. The van der Waals surface area contributed by atoms with Gasteiger partial charge in [-0.1, -0.05) is 39.0 Å². The molecule has 24 heavy (non-hydrogen) atoms. The Kier molecular flexibility index (Phi) is 3.91. The number of imidazole rings is 1. The summed E-state index contributed by atoms with van der Waals surface area (Å²) in [6, 6.07) is 11.9. The van der Waals surface area contributed by atoms with E-state index in [9.17, 15) is 4.79 Å². The summed E-state index contributed by atoms with van der Waals surface area (Å²) >= 11 is 0. The zero-order valence-electron chi connectivity index (χ0n) is 14.8. The maximum Gasteiger partial charge on any atom is 0.274 e. The number of hydrogen-bond acceptors (Lipinski definition) is 2. The van der Waals surface area contributed by atoms with Crippen molar-refractivity contribution in [3.63, 3.8) is 0 Å². The van der Waals surface area contributed by atoms with Gasteiger partial charge in [0.15, 0.2) is 0 Å². The van der Waals surface area contributed by atoms with Crippen molar-refractivity contribution in [2.24, 2.45) is 0 Å². The summed E-state index contributed by atoms with van der Waals surface area (Å²) in [4.78, 5) is 17.2. The summed E-state index contributed by atoms with van der Waals surface area (Å²) < 4.78 is 1.85. The minimum atomic E-state index is -0.144. The molecule has 0 radical (unpaired) electrons. The van der Waals surface area contributed by atoms with Gasteiger partial charge in [-0.15, -0.1) is 0 Å². The molecule has 2 aromatic heterocycles. The molecule has 0 bridgehead atoms. The molecule has 4 heteroatoms. The van der Waals surface area contributed by atoms with Crippen molar-refractivity contribution < 1.29 is 4.79 Å². The van der Waals surface area contributed by atoms with Crippen LogP contribution in [0.1, 0.15) is 48.1 Å². The van der Waals surface area contributed by atoms with Crippen molar-refractivity contribution in [3.05, 3.63) is 65.1 Å². The summed E-state index contributed by atoms with van der Waals surface area (Å²) in [5, 5.41) is 2.98. The summed E-state index contributed by atoms with van der Waals surface area (Å²) in [7, 11) is 0. The third-order valence-electron chi connectivity index (χ3n) is 4.16. The first-order chi connectivity index (χ1) is 11.3. The van der Waals surface area contributed by atoms with E-state index >= 15 is 0 Å². The van der Waals surface area contributed by atoms with Crippen LogP contribution < -0.4 is 5.32 Å². The Bertz CT molecular complexity index is 899. The van der Waals surface area contributed by atoms with E-state index in [2.05, 4.69) is 43.2 Å². The van der Waals surface area contributed by atoms with Crippen molar-refractivity contribution in [3.8, 4) is 0 Å². The van der Waals surface area contributed by atoms with Gasteiger partial charge in [-0.05, 0) is 48.6 Å². The molecule has 3 aromatic rings. The molecule has 0 unspecified atom stereocenters. The Balaban J connectivity index is 1.90. The summed E-state index contributed by atoms with van der Waals surface area (Å²) in [5.74, 6) is -0.144. The molecular weight excluding hydrogens is 298 g/mol. The summed E-state index contributed by atoms with van der Waals surface area (Å²) in [6.07, 6.45) is 1.94. The predicted octanol–water partition coefficient (Wildman–Crippen LogP) is 4.50. The lowest BCUT2D eigenvalue weighted by Crippen LogP contribution is -2.16. The molecule has 0 aliphatic rings. The molecule has 0 aliphatic carbocycles. The van der Waals surface area contributed by atoms with Gasteiger partial charge in [-0.3, -0.25) is 9.20 Å². The van der Waals surface area contributed by atoms with Crippen LogP contribution in [-0.2, 0) is 5.41 Å². The molecule has 0 fully saturated rings. The van der Waals surface area contributed by atoms with Crippen LogP contribution in [0, 0.1) is 13.8 Å². The molecule has 0 aliphatic heterocycles. The predicted molar refractivity (Wildman–Crippen MR) is 97.8 cm³/mol. The van der Waals surface area contributed by atoms with Crippen molar-refractivity contribution in [2.75, 3.05) is 5.32 Å². The first-order valence-electron chi connectivity index (χ1n) is 8.13. The van der Waals surface area contributed by atoms with Gasteiger partial charge >= 0.3 is 0 Å². The highest BCUT2D eigenvalue weighted by Crippen LogP contribution is 2.24. The molecule has 0 saturated carbocycles. The van der Waals surface area contributed by atoms with E-state index in [1.807, 2.05) is 48.7 Å². The number of rotatable bonds is 2. The highest BCUT2D eigenvalue weighted by atomic mass is 16.2. The van der Waals surface area contributed by atoms with E-state index in [1.54, 1.807) is 0 Å². The van der Waals surface area contributed by atoms with Crippen LogP contribution in [0.5, 0.6) is 0 Å². The maximum atomic E-state index is 12.7. The molecule has 3 rings (SSSR count). The first kappa shape index (κ1) is 16.2. The number of nitrogens with one attached hydrogen (secondary N) is 1. The molecule has 0 atom stereocenters. The van der Waals surface area contributed by atoms with Crippen LogP contribution in [0.4, 0.5) is 5.69 Å². The summed E-state index contributed by atoms with van der Waals surface area (Å²) in [6.45, 7) is 10.4. The van der Waals surface area contributed by atoms with Crippen LogP contribution >= 0.6 is 0 Å². The standard InChI is InChI=1S/C20H23N3O/c1-13-6-11-17-21-14(2)18(23(17)12-13)19(24)22-16-9-7-15(8-10-16)20(3,4)5/h6-12H,1-5H3,(H,22,24). The number of carbonyl (C=O) groups is 1. The van der Waals surface area contributed by atoms with E-state index in [-0.39, 0.29) is 11.3 Å². The van der Waals surface area contributed by atoms with Gasteiger partial charge < -0.3 is 5.32 Å². The minimum absolute atomic E-state index is 0.0955. The van der Waals surface area contributed by atoms with Gasteiger partial charge in [0, 0.05) is 11.9 Å². The van der Waals surface area contributed by atoms with Crippen LogP contribution in [0.15, 0.2) is 42.6 Å². The van der Waals surface area contributed by atoms with Crippen LogP contribution in [0.25, 0.3) is 5.65 Å². The Morgan fingerprint density at radius 3 is 2.33 bits per heavy atom. The SMILES string of the molecule is Cc1ccc2nc(C)c(C(=O)Nc3ccc(C(C)(C)C)cc3)n2c1. The molecule has 124 valence electrons. The van der Waals surface area contributed by atoms with Crippen molar-refractivity contribution in [2.45, 2.75) is 40.0 Å². The van der Waals surface area contributed by atoms with Gasteiger partial charge in [0.1, 0.15) is 11.3 Å². The number of carbonyl (C=O) groups excluding carboxylic acids is 1. The van der Waals surface area contributed by atoms with Gasteiger partial charge in [0.2, 0.25) is 0 Å². The molecule has 1 amide bonds. The zero-order valence-corrected chi connectivity index (χ0v) is 14.8. The van der Waals surface area contributed by atoms with Crippen LogP contribution in [0.3, 0.4) is 0 Å². The summed E-state index contributed by atoms with van der Waals surface area (Å²) in [5.41, 5.74) is 5.29. The fourth-order valence-corrected chi connectivity index (χ4v) is 2.79. The number of benzene rings is 1. The average molecular weight is 321 g/mol. The van der Waals surface area contributed by atoms with Gasteiger partial charge in [0.25, 0.3) is 5.91 Å². The van der Waals surface area contributed by atoms with Crippen LogP contribution in [-0.4, -0.2) is 15.3 Å². The topological polar surface area (TPSA) is 46.4 Å². The largest absolute Gasteiger partial charge is 0.321 e. The van der Waals surface area contributed by atoms with E-state index in [4.69, 9.17) is 0 Å². The Morgan fingerprint density at radius 2 is 1.71 bits per heavy atom. The lowest BCUT2D eigenvalue weighted by molar-refractivity contribution is 0.102. The number of anilines is 1. The Hall–Kier alpha value is -2.62. The fourth-order valence-electron chi connectivity index (χ4n) is 2.79. The molecular formula is C20H23N3O.